The number of rotatable bonds is 3. The van der Waals surface area contributed by atoms with Gasteiger partial charge in [0.05, 0.1) is 11.3 Å². The molecule has 1 aliphatic rings. The maximum atomic E-state index is 12.3. The summed E-state index contributed by atoms with van der Waals surface area (Å²) >= 11 is 0. The minimum atomic E-state index is -3.29. The van der Waals surface area contributed by atoms with Gasteiger partial charge in [0, 0.05) is 19.3 Å². The molecule has 0 bridgehead atoms. The normalized spacial score (nSPS) is 19.9. The topological polar surface area (TPSA) is 54.5 Å². The second kappa shape index (κ2) is 5.95. The summed E-state index contributed by atoms with van der Waals surface area (Å²) in [6, 6.07) is 6.75. The number of likely N-dealkylation sites (tertiary alicyclic amines) is 1. The fraction of sp³-hybridized carbons (Fsp3) is 0.533. The van der Waals surface area contributed by atoms with Crippen molar-refractivity contribution in [2.45, 2.75) is 31.1 Å². The maximum Gasteiger partial charge on any atom is 0.227 e. The highest BCUT2D eigenvalue weighted by Gasteiger charge is 2.22. The molecule has 20 heavy (non-hydrogen) atoms. The smallest absolute Gasteiger partial charge is 0.227 e. The highest BCUT2D eigenvalue weighted by atomic mass is 32.2. The molecule has 2 rings (SSSR count). The number of amides is 1. The molecule has 0 saturated carbocycles. The molecule has 0 radical (unpaired) electrons. The SMILES string of the molecule is CC1CCCN(C(=O)Cc2ccccc2S(C)(=O)=O)C1. The van der Waals surface area contributed by atoms with E-state index in [4.69, 9.17) is 0 Å². The number of benzene rings is 1. The molecule has 0 aromatic heterocycles. The largest absolute Gasteiger partial charge is 0.342 e. The van der Waals surface area contributed by atoms with Crippen LogP contribution in [0.1, 0.15) is 25.3 Å². The van der Waals surface area contributed by atoms with Crippen molar-refractivity contribution in [2.24, 2.45) is 5.92 Å². The van der Waals surface area contributed by atoms with Crippen LogP contribution in [0.25, 0.3) is 0 Å². The van der Waals surface area contributed by atoms with Crippen LogP contribution in [-0.4, -0.2) is 38.6 Å². The molecular formula is C15H21NO3S. The zero-order chi connectivity index (χ0) is 14.8. The first-order valence-electron chi connectivity index (χ1n) is 6.93. The van der Waals surface area contributed by atoms with Crippen LogP contribution in [0, 0.1) is 5.92 Å². The van der Waals surface area contributed by atoms with Crippen molar-refractivity contribution >= 4 is 15.7 Å². The highest BCUT2D eigenvalue weighted by molar-refractivity contribution is 7.90. The van der Waals surface area contributed by atoms with E-state index in [-0.39, 0.29) is 17.2 Å². The van der Waals surface area contributed by atoms with E-state index in [0.29, 0.717) is 11.5 Å². The molecular weight excluding hydrogens is 274 g/mol. The Bertz CT molecular complexity index is 595. The Balaban J connectivity index is 2.16. The molecule has 1 aliphatic heterocycles. The van der Waals surface area contributed by atoms with Gasteiger partial charge in [-0.3, -0.25) is 4.79 Å². The van der Waals surface area contributed by atoms with Crippen LogP contribution >= 0.6 is 0 Å². The van der Waals surface area contributed by atoms with Gasteiger partial charge in [0.25, 0.3) is 0 Å². The van der Waals surface area contributed by atoms with Crippen molar-refractivity contribution in [3.05, 3.63) is 29.8 Å². The Morgan fingerprint density at radius 3 is 2.70 bits per heavy atom. The minimum absolute atomic E-state index is 0.0210. The molecule has 1 heterocycles. The van der Waals surface area contributed by atoms with E-state index >= 15 is 0 Å². The van der Waals surface area contributed by atoms with Gasteiger partial charge in [0.2, 0.25) is 5.91 Å². The molecule has 1 saturated heterocycles. The molecule has 5 heteroatoms. The van der Waals surface area contributed by atoms with Gasteiger partial charge in [-0.2, -0.15) is 0 Å². The third-order valence-corrected chi connectivity index (χ3v) is 4.92. The van der Waals surface area contributed by atoms with E-state index in [2.05, 4.69) is 6.92 Å². The van der Waals surface area contributed by atoms with Crippen molar-refractivity contribution in [3.63, 3.8) is 0 Å². The average molecular weight is 295 g/mol. The fourth-order valence-electron chi connectivity index (χ4n) is 2.70. The van der Waals surface area contributed by atoms with Crippen molar-refractivity contribution < 1.29 is 13.2 Å². The second-order valence-corrected chi connectivity index (χ2v) is 7.63. The summed E-state index contributed by atoms with van der Waals surface area (Å²) < 4.78 is 23.5. The van der Waals surface area contributed by atoms with Gasteiger partial charge in [0.15, 0.2) is 9.84 Å². The summed E-state index contributed by atoms with van der Waals surface area (Å²) in [7, 11) is -3.29. The van der Waals surface area contributed by atoms with Crippen LogP contribution < -0.4 is 0 Å². The molecule has 110 valence electrons. The number of hydrogen-bond donors (Lipinski definition) is 0. The number of carbonyl (C=O) groups is 1. The molecule has 1 fully saturated rings. The highest BCUT2D eigenvalue weighted by Crippen LogP contribution is 2.19. The van der Waals surface area contributed by atoms with E-state index in [9.17, 15) is 13.2 Å². The lowest BCUT2D eigenvalue weighted by Crippen LogP contribution is -2.40. The summed E-state index contributed by atoms with van der Waals surface area (Å²) in [6.07, 6.45) is 3.53. The fourth-order valence-corrected chi connectivity index (χ4v) is 3.64. The first kappa shape index (κ1) is 15.0. The number of piperidine rings is 1. The van der Waals surface area contributed by atoms with Crippen molar-refractivity contribution in [1.82, 2.24) is 4.90 Å². The lowest BCUT2D eigenvalue weighted by molar-refractivity contribution is -0.132. The number of nitrogens with zero attached hydrogens (tertiary/aromatic N) is 1. The lowest BCUT2D eigenvalue weighted by atomic mass is 9.99. The number of carbonyl (C=O) groups excluding carboxylic acids is 1. The third-order valence-electron chi connectivity index (χ3n) is 3.72. The molecule has 1 amide bonds. The maximum absolute atomic E-state index is 12.3. The average Bonchev–Trinajstić information content (AvgIpc) is 2.38. The molecule has 1 aromatic rings. The van der Waals surface area contributed by atoms with Crippen LogP contribution in [0.15, 0.2) is 29.2 Å². The Morgan fingerprint density at radius 2 is 2.05 bits per heavy atom. The molecule has 0 aliphatic carbocycles. The Morgan fingerprint density at radius 1 is 1.35 bits per heavy atom. The van der Waals surface area contributed by atoms with E-state index < -0.39 is 9.84 Å². The van der Waals surface area contributed by atoms with Crippen LogP contribution in [0.4, 0.5) is 0 Å². The minimum Gasteiger partial charge on any atom is -0.342 e. The Labute approximate surface area is 120 Å². The summed E-state index contributed by atoms with van der Waals surface area (Å²) in [5.74, 6) is 0.547. The Kier molecular flexibility index (Phi) is 4.48. The van der Waals surface area contributed by atoms with E-state index in [1.165, 1.54) is 6.26 Å². The van der Waals surface area contributed by atoms with Crippen LogP contribution in [0.3, 0.4) is 0 Å². The molecule has 1 aromatic carbocycles. The second-order valence-electron chi connectivity index (χ2n) is 5.64. The van der Waals surface area contributed by atoms with Gasteiger partial charge in [-0.05, 0) is 30.4 Å². The van der Waals surface area contributed by atoms with E-state index in [1.54, 1.807) is 24.3 Å². The van der Waals surface area contributed by atoms with Crippen LogP contribution in [0.5, 0.6) is 0 Å². The molecule has 0 N–H and O–H groups in total. The number of sulfone groups is 1. The van der Waals surface area contributed by atoms with Crippen LogP contribution in [-0.2, 0) is 21.1 Å². The van der Waals surface area contributed by atoms with Gasteiger partial charge in [-0.1, -0.05) is 25.1 Å². The first-order chi connectivity index (χ1) is 9.38. The third kappa shape index (κ3) is 3.60. The van der Waals surface area contributed by atoms with Gasteiger partial charge in [0.1, 0.15) is 0 Å². The molecule has 4 nitrogen and oxygen atoms in total. The summed E-state index contributed by atoms with van der Waals surface area (Å²) in [6.45, 7) is 3.70. The Hall–Kier alpha value is -1.36. The monoisotopic (exact) mass is 295 g/mol. The first-order valence-corrected chi connectivity index (χ1v) is 8.83. The van der Waals surface area contributed by atoms with Crippen molar-refractivity contribution in [2.75, 3.05) is 19.3 Å². The van der Waals surface area contributed by atoms with Gasteiger partial charge >= 0.3 is 0 Å². The summed E-state index contributed by atoms with van der Waals surface area (Å²) in [4.78, 5) is 14.4. The summed E-state index contributed by atoms with van der Waals surface area (Å²) in [5.41, 5.74) is 0.596. The molecule has 1 unspecified atom stereocenters. The number of hydrogen-bond acceptors (Lipinski definition) is 3. The van der Waals surface area contributed by atoms with Crippen molar-refractivity contribution in [3.8, 4) is 0 Å². The lowest BCUT2D eigenvalue weighted by Gasteiger charge is -2.31. The van der Waals surface area contributed by atoms with Gasteiger partial charge < -0.3 is 4.90 Å². The molecule has 1 atom stereocenters. The van der Waals surface area contributed by atoms with E-state index in [0.717, 1.165) is 25.9 Å². The quantitative estimate of drug-likeness (QED) is 0.855. The standard InChI is InChI=1S/C15H21NO3S/c1-12-6-5-9-16(11-12)15(17)10-13-7-3-4-8-14(13)20(2,18)19/h3-4,7-8,12H,5-6,9-11H2,1-2H3. The predicted molar refractivity (Wildman–Crippen MR) is 78.2 cm³/mol. The zero-order valence-corrected chi connectivity index (χ0v) is 12.8. The van der Waals surface area contributed by atoms with Crippen molar-refractivity contribution in [1.29, 1.82) is 0 Å². The van der Waals surface area contributed by atoms with Gasteiger partial charge in [-0.15, -0.1) is 0 Å². The summed E-state index contributed by atoms with van der Waals surface area (Å²) in [5, 5.41) is 0. The zero-order valence-electron chi connectivity index (χ0n) is 12.0. The molecule has 0 spiro atoms. The van der Waals surface area contributed by atoms with E-state index in [1.807, 2.05) is 4.90 Å². The predicted octanol–water partition coefficient (Wildman–Crippen LogP) is 1.89. The van der Waals surface area contributed by atoms with Crippen LogP contribution in [0.2, 0.25) is 0 Å². The van der Waals surface area contributed by atoms with Gasteiger partial charge in [-0.25, -0.2) is 8.42 Å².